The van der Waals surface area contributed by atoms with Crippen LogP contribution in [0, 0.1) is 58.2 Å². The summed E-state index contributed by atoms with van der Waals surface area (Å²) in [5, 5.41) is 0. The Bertz CT molecular complexity index is 649. The molecule has 0 aromatic heterocycles. The maximum atomic E-state index is 6.10. The van der Waals surface area contributed by atoms with Crippen LogP contribution in [-0.4, -0.2) is 12.2 Å². The van der Waals surface area contributed by atoms with Gasteiger partial charge in [-0.1, -0.05) is 40.2 Å². The molecule has 29 heavy (non-hydrogen) atoms. The summed E-state index contributed by atoms with van der Waals surface area (Å²) < 4.78 is 6.10. The standard InChI is InChI=1S/C28H46O/c1-7-12-28-14-11-22-21(23(28)9-8-18(2)16-28)10-13-26(5)24(27(6)17-29-27)15-19(3)20(4)25(22)26/h7,18-25H,1,8-17H2,2-6H3/t18-,19-,20+,21?,22+,23+,24-,25?,26+,27?,28+/m0/s1. The van der Waals surface area contributed by atoms with Crippen molar-refractivity contribution >= 4 is 0 Å². The zero-order valence-electron chi connectivity index (χ0n) is 19.9. The lowest BCUT2D eigenvalue weighted by atomic mass is 9.39. The lowest BCUT2D eigenvalue weighted by Gasteiger charge is -2.66. The van der Waals surface area contributed by atoms with E-state index in [1.807, 2.05) is 0 Å². The fraction of sp³-hybridized carbons (Fsp3) is 0.929. The molecule has 3 unspecified atom stereocenters. The third kappa shape index (κ3) is 2.95. The molecule has 11 atom stereocenters. The molecule has 0 aromatic carbocycles. The van der Waals surface area contributed by atoms with Gasteiger partial charge in [0.15, 0.2) is 0 Å². The average molecular weight is 399 g/mol. The maximum Gasteiger partial charge on any atom is 0.0921 e. The number of hydrogen-bond donors (Lipinski definition) is 0. The largest absolute Gasteiger partial charge is 0.370 e. The summed E-state index contributed by atoms with van der Waals surface area (Å²) in [7, 11) is 0. The molecule has 0 N–H and O–H groups in total. The Morgan fingerprint density at radius 2 is 1.72 bits per heavy atom. The number of fused-ring (bicyclic) bond motifs is 5. The van der Waals surface area contributed by atoms with Crippen LogP contribution in [0.25, 0.3) is 0 Å². The molecule has 0 aromatic rings. The highest BCUT2D eigenvalue weighted by Crippen LogP contribution is 2.70. The predicted molar refractivity (Wildman–Crippen MR) is 122 cm³/mol. The first-order valence-electron chi connectivity index (χ1n) is 13.0. The van der Waals surface area contributed by atoms with Gasteiger partial charge in [-0.05, 0) is 116 Å². The summed E-state index contributed by atoms with van der Waals surface area (Å²) in [5.41, 5.74) is 1.28. The number of hydrogen-bond acceptors (Lipinski definition) is 1. The van der Waals surface area contributed by atoms with E-state index in [9.17, 15) is 0 Å². The van der Waals surface area contributed by atoms with Crippen LogP contribution in [0.1, 0.15) is 92.4 Å². The molecule has 5 fully saturated rings. The number of rotatable bonds is 3. The van der Waals surface area contributed by atoms with Crippen molar-refractivity contribution in [3.05, 3.63) is 12.7 Å². The van der Waals surface area contributed by atoms with Gasteiger partial charge in [0.05, 0.1) is 12.2 Å². The number of ether oxygens (including phenoxy) is 1. The molecule has 1 nitrogen and oxygen atoms in total. The van der Waals surface area contributed by atoms with E-state index in [0.717, 1.165) is 54.0 Å². The van der Waals surface area contributed by atoms with Gasteiger partial charge < -0.3 is 4.74 Å². The van der Waals surface area contributed by atoms with Crippen molar-refractivity contribution in [3.8, 4) is 0 Å². The fourth-order valence-electron chi connectivity index (χ4n) is 10.1. The molecular formula is C28H46O. The summed E-state index contributed by atoms with van der Waals surface area (Å²) in [6.45, 7) is 18.0. The minimum atomic E-state index is 0.190. The second-order valence-corrected chi connectivity index (χ2v) is 13.0. The lowest BCUT2D eigenvalue weighted by Crippen LogP contribution is -2.60. The Morgan fingerprint density at radius 1 is 1.00 bits per heavy atom. The van der Waals surface area contributed by atoms with Crippen LogP contribution in [-0.2, 0) is 4.74 Å². The van der Waals surface area contributed by atoms with Gasteiger partial charge in [-0.2, -0.15) is 0 Å². The first kappa shape index (κ1) is 20.6. The van der Waals surface area contributed by atoms with E-state index in [1.165, 1.54) is 57.8 Å². The van der Waals surface area contributed by atoms with E-state index < -0.39 is 0 Å². The van der Waals surface area contributed by atoms with Gasteiger partial charge >= 0.3 is 0 Å². The summed E-state index contributed by atoms with van der Waals surface area (Å²) >= 11 is 0. The number of epoxide rings is 1. The van der Waals surface area contributed by atoms with Gasteiger partial charge in [-0.25, -0.2) is 0 Å². The molecule has 1 saturated heterocycles. The van der Waals surface area contributed by atoms with Crippen molar-refractivity contribution in [2.75, 3.05) is 6.61 Å². The van der Waals surface area contributed by atoms with Crippen LogP contribution < -0.4 is 0 Å². The SMILES string of the molecule is C=CC[C@]12CC[C@@H]3C(CC[C@@]4(C)C3[C@H](C)[C@@H](C)C[C@@H]4C3(C)CO3)[C@H]1CC[C@H](C)C2. The van der Waals surface area contributed by atoms with Gasteiger partial charge in [0.1, 0.15) is 0 Å². The number of allylic oxidation sites excluding steroid dienone is 1. The second-order valence-electron chi connectivity index (χ2n) is 13.0. The van der Waals surface area contributed by atoms with Gasteiger partial charge in [0, 0.05) is 0 Å². The molecule has 0 bridgehead atoms. The molecule has 164 valence electrons. The summed E-state index contributed by atoms with van der Waals surface area (Å²) in [6, 6.07) is 0. The van der Waals surface area contributed by atoms with E-state index in [0.29, 0.717) is 10.8 Å². The minimum absolute atomic E-state index is 0.190. The second kappa shape index (κ2) is 6.85. The average Bonchev–Trinajstić information content (AvgIpc) is 3.42. The quantitative estimate of drug-likeness (QED) is 0.354. The molecule has 1 heterocycles. The highest BCUT2D eigenvalue weighted by Gasteiger charge is 2.65. The first-order valence-corrected chi connectivity index (χ1v) is 13.0. The highest BCUT2D eigenvalue weighted by molar-refractivity contribution is 5.14. The van der Waals surface area contributed by atoms with E-state index >= 15 is 0 Å². The van der Waals surface area contributed by atoms with E-state index in [4.69, 9.17) is 4.74 Å². The van der Waals surface area contributed by atoms with Crippen LogP contribution in [0.3, 0.4) is 0 Å². The zero-order valence-corrected chi connectivity index (χ0v) is 19.9. The topological polar surface area (TPSA) is 12.5 Å². The Balaban J connectivity index is 1.48. The predicted octanol–water partition coefficient (Wildman–Crippen LogP) is 7.51. The molecule has 4 saturated carbocycles. The zero-order chi connectivity index (χ0) is 20.6. The van der Waals surface area contributed by atoms with Crippen LogP contribution in [0.4, 0.5) is 0 Å². The monoisotopic (exact) mass is 398 g/mol. The van der Waals surface area contributed by atoms with Crippen molar-refractivity contribution in [2.45, 2.75) is 98.0 Å². The summed E-state index contributed by atoms with van der Waals surface area (Å²) in [6.07, 6.45) is 15.3. The third-order valence-corrected chi connectivity index (χ3v) is 11.5. The molecule has 0 amide bonds. The Labute approximate surface area is 180 Å². The van der Waals surface area contributed by atoms with Crippen molar-refractivity contribution in [1.82, 2.24) is 0 Å². The van der Waals surface area contributed by atoms with Crippen molar-refractivity contribution in [1.29, 1.82) is 0 Å². The van der Waals surface area contributed by atoms with Gasteiger partial charge in [0.2, 0.25) is 0 Å². The normalized spacial score (nSPS) is 59.2. The van der Waals surface area contributed by atoms with Gasteiger partial charge in [-0.3, -0.25) is 0 Å². The highest BCUT2D eigenvalue weighted by atomic mass is 16.6. The molecular weight excluding hydrogens is 352 g/mol. The molecule has 1 aliphatic heterocycles. The van der Waals surface area contributed by atoms with E-state index in [-0.39, 0.29) is 5.60 Å². The van der Waals surface area contributed by atoms with Crippen LogP contribution in [0.2, 0.25) is 0 Å². The molecule has 0 spiro atoms. The molecule has 0 radical (unpaired) electrons. The van der Waals surface area contributed by atoms with E-state index in [1.54, 1.807) is 0 Å². The van der Waals surface area contributed by atoms with Crippen molar-refractivity contribution in [3.63, 3.8) is 0 Å². The van der Waals surface area contributed by atoms with Crippen LogP contribution >= 0.6 is 0 Å². The Kier molecular flexibility index (Phi) is 4.86. The Morgan fingerprint density at radius 3 is 2.41 bits per heavy atom. The van der Waals surface area contributed by atoms with Crippen molar-refractivity contribution < 1.29 is 4.74 Å². The summed E-state index contributed by atoms with van der Waals surface area (Å²) in [5.74, 6) is 7.25. The minimum Gasteiger partial charge on any atom is -0.370 e. The molecule has 4 aliphatic carbocycles. The molecule has 5 rings (SSSR count). The fourth-order valence-corrected chi connectivity index (χ4v) is 10.1. The molecule has 5 aliphatic rings. The summed E-state index contributed by atoms with van der Waals surface area (Å²) in [4.78, 5) is 0. The van der Waals surface area contributed by atoms with Gasteiger partial charge in [-0.15, -0.1) is 6.58 Å². The maximum absolute atomic E-state index is 6.10. The van der Waals surface area contributed by atoms with Gasteiger partial charge in [0.25, 0.3) is 0 Å². The Hall–Kier alpha value is -0.300. The smallest absolute Gasteiger partial charge is 0.0921 e. The van der Waals surface area contributed by atoms with Crippen LogP contribution in [0.15, 0.2) is 12.7 Å². The lowest BCUT2D eigenvalue weighted by molar-refractivity contribution is -0.173. The van der Waals surface area contributed by atoms with E-state index in [2.05, 4.69) is 47.3 Å². The van der Waals surface area contributed by atoms with Crippen molar-refractivity contribution in [2.24, 2.45) is 58.2 Å². The van der Waals surface area contributed by atoms with Crippen LogP contribution in [0.5, 0.6) is 0 Å². The first-order chi connectivity index (χ1) is 13.7. The third-order valence-electron chi connectivity index (χ3n) is 11.5. The molecule has 1 heteroatoms.